The second-order valence-electron chi connectivity index (χ2n) is 5.73. The summed E-state index contributed by atoms with van der Waals surface area (Å²) in [6.45, 7) is 1.87. The molecule has 8 nitrogen and oxygen atoms in total. The Hall–Kier alpha value is -3.68. The van der Waals surface area contributed by atoms with Gasteiger partial charge in [-0.05, 0) is 37.3 Å². The van der Waals surface area contributed by atoms with E-state index in [0.29, 0.717) is 11.3 Å². The Morgan fingerprint density at radius 3 is 2.63 bits per heavy atom. The van der Waals surface area contributed by atoms with Crippen molar-refractivity contribution in [1.82, 2.24) is 15.0 Å². The number of hydrogen-bond donors (Lipinski definition) is 2. The molecule has 0 saturated heterocycles. The number of aryl methyl sites for hydroxylation is 1. The zero-order valence-corrected chi connectivity index (χ0v) is 15.0. The fourth-order valence-corrected chi connectivity index (χ4v) is 2.29. The van der Waals surface area contributed by atoms with E-state index in [4.69, 9.17) is 15.2 Å². The van der Waals surface area contributed by atoms with E-state index in [1.54, 1.807) is 24.3 Å². The van der Waals surface area contributed by atoms with Crippen LogP contribution >= 0.6 is 0 Å². The number of rotatable bonds is 6. The lowest BCUT2D eigenvalue weighted by Gasteiger charge is -2.09. The Morgan fingerprint density at radius 1 is 1.11 bits per heavy atom. The molecule has 3 aromatic rings. The van der Waals surface area contributed by atoms with Gasteiger partial charge in [-0.2, -0.15) is 15.0 Å². The van der Waals surface area contributed by atoms with E-state index in [2.05, 4.69) is 20.3 Å². The van der Waals surface area contributed by atoms with Crippen molar-refractivity contribution in [2.75, 3.05) is 18.2 Å². The second kappa shape index (κ2) is 8.13. The predicted octanol–water partition coefficient (Wildman–Crippen LogP) is 2.87. The summed E-state index contributed by atoms with van der Waals surface area (Å²) in [7, 11) is 1.53. The minimum absolute atomic E-state index is 0.0343. The highest BCUT2D eigenvalue weighted by Gasteiger charge is 2.11. The quantitative estimate of drug-likeness (QED) is 0.641. The van der Waals surface area contributed by atoms with E-state index in [9.17, 15) is 4.79 Å². The van der Waals surface area contributed by atoms with E-state index >= 15 is 0 Å². The summed E-state index contributed by atoms with van der Waals surface area (Å²) < 4.78 is 10.4. The van der Waals surface area contributed by atoms with Crippen LogP contribution in [0.4, 0.5) is 17.6 Å². The molecule has 0 saturated carbocycles. The zero-order valence-electron chi connectivity index (χ0n) is 15.0. The third kappa shape index (κ3) is 4.91. The molecule has 0 fully saturated rings. The molecule has 0 radical (unpaired) electrons. The molecule has 0 aliphatic carbocycles. The van der Waals surface area contributed by atoms with Gasteiger partial charge in [-0.25, -0.2) is 4.79 Å². The van der Waals surface area contributed by atoms with Gasteiger partial charge in [0.25, 0.3) is 0 Å². The van der Waals surface area contributed by atoms with Crippen molar-refractivity contribution >= 4 is 23.6 Å². The topological polar surface area (TPSA) is 112 Å². The van der Waals surface area contributed by atoms with Gasteiger partial charge < -0.3 is 20.5 Å². The summed E-state index contributed by atoms with van der Waals surface area (Å²) in [5.74, 6) is 0.610. The first-order valence-electron chi connectivity index (χ1n) is 8.19. The van der Waals surface area contributed by atoms with E-state index in [0.717, 1.165) is 11.3 Å². The molecule has 2 aromatic carbocycles. The number of benzene rings is 2. The Morgan fingerprint density at radius 2 is 1.89 bits per heavy atom. The number of carbonyl (C=O) groups is 1. The van der Waals surface area contributed by atoms with Crippen molar-refractivity contribution in [2.24, 2.45) is 0 Å². The standard InChI is InChI=1S/C19H19N5O3/c1-12-6-8-14(9-7-12)21-19-23-16(22-18(20)24-19)11-27-17(25)13-4-3-5-15(10-13)26-2/h3-10H,11H2,1-2H3,(H3,20,21,22,23,24). The maximum absolute atomic E-state index is 12.2. The van der Waals surface area contributed by atoms with Gasteiger partial charge in [-0.15, -0.1) is 0 Å². The molecule has 3 rings (SSSR count). The molecule has 8 heteroatoms. The average Bonchev–Trinajstić information content (AvgIpc) is 2.67. The molecule has 27 heavy (non-hydrogen) atoms. The van der Waals surface area contributed by atoms with Crippen molar-refractivity contribution in [3.8, 4) is 5.75 Å². The van der Waals surface area contributed by atoms with Crippen LogP contribution in [-0.2, 0) is 11.3 Å². The summed E-state index contributed by atoms with van der Waals surface area (Å²) in [6.07, 6.45) is 0. The first-order valence-corrected chi connectivity index (χ1v) is 8.19. The number of nitrogens with one attached hydrogen (secondary N) is 1. The fourth-order valence-electron chi connectivity index (χ4n) is 2.29. The summed E-state index contributed by atoms with van der Waals surface area (Å²) in [5, 5.41) is 3.05. The number of hydrogen-bond acceptors (Lipinski definition) is 8. The number of ether oxygens (including phenoxy) is 2. The van der Waals surface area contributed by atoms with Crippen molar-refractivity contribution in [3.63, 3.8) is 0 Å². The maximum Gasteiger partial charge on any atom is 0.338 e. The van der Waals surface area contributed by atoms with Crippen molar-refractivity contribution in [3.05, 3.63) is 65.5 Å². The number of aromatic nitrogens is 3. The number of anilines is 3. The van der Waals surface area contributed by atoms with E-state index in [-0.39, 0.29) is 24.3 Å². The Kier molecular flexibility index (Phi) is 5.46. The minimum atomic E-state index is -0.513. The van der Waals surface area contributed by atoms with E-state index in [1.807, 2.05) is 31.2 Å². The number of methoxy groups -OCH3 is 1. The summed E-state index contributed by atoms with van der Waals surface area (Å²) in [4.78, 5) is 24.5. The van der Waals surface area contributed by atoms with Gasteiger partial charge in [0, 0.05) is 5.69 Å². The molecular weight excluding hydrogens is 346 g/mol. The molecule has 0 bridgehead atoms. The molecule has 0 aliphatic heterocycles. The lowest BCUT2D eigenvalue weighted by atomic mass is 10.2. The average molecular weight is 365 g/mol. The van der Waals surface area contributed by atoms with Crippen LogP contribution in [0.25, 0.3) is 0 Å². The van der Waals surface area contributed by atoms with Crippen LogP contribution < -0.4 is 15.8 Å². The van der Waals surface area contributed by atoms with Crippen molar-refractivity contribution in [2.45, 2.75) is 13.5 Å². The molecule has 1 heterocycles. The molecular formula is C19H19N5O3. The molecule has 3 N–H and O–H groups in total. The number of nitrogens with two attached hydrogens (primary N) is 1. The van der Waals surface area contributed by atoms with Gasteiger partial charge in [0.1, 0.15) is 5.75 Å². The smallest absolute Gasteiger partial charge is 0.338 e. The zero-order chi connectivity index (χ0) is 19.2. The number of esters is 1. The van der Waals surface area contributed by atoms with E-state index < -0.39 is 5.97 Å². The molecule has 138 valence electrons. The Balaban J connectivity index is 1.68. The second-order valence-corrected chi connectivity index (χ2v) is 5.73. The third-order valence-electron chi connectivity index (χ3n) is 3.64. The van der Waals surface area contributed by atoms with Gasteiger partial charge in [-0.1, -0.05) is 23.8 Å². The third-order valence-corrected chi connectivity index (χ3v) is 3.64. The van der Waals surface area contributed by atoms with Crippen molar-refractivity contribution < 1.29 is 14.3 Å². The van der Waals surface area contributed by atoms with Gasteiger partial charge in [0.2, 0.25) is 11.9 Å². The lowest BCUT2D eigenvalue weighted by Crippen LogP contribution is -2.11. The fraction of sp³-hybridized carbons (Fsp3) is 0.158. The normalized spacial score (nSPS) is 10.3. The highest BCUT2D eigenvalue weighted by Crippen LogP contribution is 2.16. The number of nitrogens with zero attached hydrogens (tertiary/aromatic N) is 3. The highest BCUT2D eigenvalue weighted by atomic mass is 16.5. The molecule has 0 atom stereocenters. The number of nitrogen functional groups attached to an aromatic ring is 1. The van der Waals surface area contributed by atoms with Crippen LogP contribution in [0.5, 0.6) is 5.75 Å². The summed E-state index contributed by atoms with van der Waals surface area (Å²) in [6, 6.07) is 14.4. The Bertz CT molecular complexity index is 944. The molecule has 0 spiro atoms. The maximum atomic E-state index is 12.2. The van der Waals surface area contributed by atoms with Crippen LogP contribution in [0.3, 0.4) is 0 Å². The first-order chi connectivity index (χ1) is 13.0. The molecule has 0 amide bonds. The molecule has 0 unspecified atom stereocenters. The van der Waals surface area contributed by atoms with Gasteiger partial charge in [-0.3, -0.25) is 0 Å². The van der Waals surface area contributed by atoms with Crippen LogP contribution in [0, 0.1) is 6.92 Å². The monoisotopic (exact) mass is 365 g/mol. The predicted molar refractivity (Wildman–Crippen MR) is 101 cm³/mol. The van der Waals surface area contributed by atoms with Crippen LogP contribution in [0.2, 0.25) is 0 Å². The van der Waals surface area contributed by atoms with Crippen molar-refractivity contribution in [1.29, 1.82) is 0 Å². The van der Waals surface area contributed by atoms with Crippen LogP contribution in [-0.4, -0.2) is 28.0 Å². The summed E-state index contributed by atoms with van der Waals surface area (Å²) in [5.41, 5.74) is 8.05. The number of carbonyl (C=O) groups excluding carboxylic acids is 1. The van der Waals surface area contributed by atoms with Gasteiger partial charge in [0.15, 0.2) is 12.4 Å². The molecule has 0 aliphatic rings. The minimum Gasteiger partial charge on any atom is -0.497 e. The van der Waals surface area contributed by atoms with Gasteiger partial charge in [0.05, 0.1) is 12.7 Å². The highest BCUT2D eigenvalue weighted by molar-refractivity contribution is 5.89. The summed E-state index contributed by atoms with van der Waals surface area (Å²) >= 11 is 0. The molecule has 1 aromatic heterocycles. The lowest BCUT2D eigenvalue weighted by molar-refractivity contribution is 0.0462. The van der Waals surface area contributed by atoms with Gasteiger partial charge >= 0.3 is 5.97 Å². The van der Waals surface area contributed by atoms with E-state index in [1.165, 1.54) is 7.11 Å². The largest absolute Gasteiger partial charge is 0.497 e. The first kappa shape index (κ1) is 18.1. The van der Waals surface area contributed by atoms with Crippen LogP contribution in [0.15, 0.2) is 48.5 Å². The Labute approximate surface area is 156 Å². The van der Waals surface area contributed by atoms with Crippen LogP contribution in [0.1, 0.15) is 21.7 Å². The SMILES string of the molecule is COc1cccc(C(=O)OCc2nc(N)nc(Nc3ccc(C)cc3)n2)c1.